The second-order valence-electron chi connectivity index (χ2n) is 3.29. The molecule has 1 aliphatic rings. The van der Waals surface area contributed by atoms with Gasteiger partial charge in [-0.3, -0.25) is 0 Å². The summed E-state index contributed by atoms with van der Waals surface area (Å²) in [6.45, 7) is 4.28. The van der Waals surface area contributed by atoms with Gasteiger partial charge >= 0.3 is 0 Å². The molecule has 17 heavy (non-hydrogen) atoms. The SMILES string of the molecule is C[CH-]C.[Y].[c-]1ncnc2cc3c(cc12)OCO3. The molecular formula is C12H12N2O2Y-2. The van der Waals surface area contributed by atoms with Crippen LogP contribution in [-0.2, 0) is 32.7 Å². The Hall–Kier alpha value is -0.736. The van der Waals surface area contributed by atoms with Crippen LogP contribution in [0.15, 0.2) is 18.5 Å². The normalized spacial score (nSPS) is 11.4. The van der Waals surface area contributed by atoms with Crippen LogP contribution in [-0.4, -0.2) is 16.8 Å². The Labute approximate surface area is 126 Å². The summed E-state index contributed by atoms with van der Waals surface area (Å²) in [5.74, 6) is 1.47. The maximum absolute atomic E-state index is 5.21. The molecule has 1 aromatic heterocycles. The first-order valence-corrected chi connectivity index (χ1v) is 5.01. The smallest absolute Gasteiger partial charge is 0.229 e. The summed E-state index contributed by atoms with van der Waals surface area (Å²) < 4.78 is 10.4. The number of benzene rings is 1. The predicted octanol–water partition coefficient (Wildman–Crippen LogP) is 2.39. The molecule has 5 heteroatoms. The molecule has 0 N–H and O–H groups in total. The van der Waals surface area contributed by atoms with Crippen LogP contribution in [0, 0.1) is 12.6 Å². The minimum Gasteiger partial charge on any atom is -0.463 e. The summed E-state index contributed by atoms with van der Waals surface area (Å²) in [6.07, 6.45) is 6.30. The van der Waals surface area contributed by atoms with Gasteiger partial charge in [-0.2, -0.15) is 13.8 Å². The van der Waals surface area contributed by atoms with Gasteiger partial charge in [0.05, 0.1) is 0 Å². The molecule has 0 bridgehead atoms. The van der Waals surface area contributed by atoms with Crippen molar-refractivity contribution >= 4 is 10.9 Å². The summed E-state index contributed by atoms with van der Waals surface area (Å²) in [5.41, 5.74) is 0.819. The van der Waals surface area contributed by atoms with Gasteiger partial charge in [0.25, 0.3) is 0 Å². The summed E-state index contributed by atoms with van der Waals surface area (Å²) in [5, 5.41) is 0.840. The van der Waals surface area contributed by atoms with E-state index >= 15 is 0 Å². The number of rotatable bonds is 0. The van der Waals surface area contributed by atoms with Crippen LogP contribution in [0.3, 0.4) is 0 Å². The van der Waals surface area contributed by atoms with E-state index in [-0.39, 0.29) is 39.5 Å². The fourth-order valence-electron chi connectivity index (χ4n) is 1.32. The van der Waals surface area contributed by atoms with Crippen molar-refractivity contribution in [3.05, 3.63) is 31.1 Å². The molecule has 0 amide bonds. The molecule has 87 valence electrons. The van der Waals surface area contributed by atoms with Crippen LogP contribution < -0.4 is 9.47 Å². The molecule has 0 unspecified atom stereocenters. The van der Waals surface area contributed by atoms with Crippen molar-refractivity contribution in [1.82, 2.24) is 9.97 Å². The minimum atomic E-state index is 0. The zero-order chi connectivity index (χ0) is 11.4. The molecule has 0 saturated heterocycles. The van der Waals surface area contributed by atoms with Crippen LogP contribution >= 0.6 is 0 Å². The van der Waals surface area contributed by atoms with Gasteiger partial charge in [-0.25, -0.2) is 0 Å². The predicted molar refractivity (Wildman–Crippen MR) is 60.1 cm³/mol. The minimum absolute atomic E-state index is 0. The van der Waals surface area contributed by atoms with E-state index in [4.69, 9.17) is 9.47 Å². The van der Waals surface area contributed by atoms with Gasteiger partial charge in [-0.1, -0.05) is 6.07 Å². The van der Waals surface area contributed by atoms with E-state index in [2.05, 4.69) is 16.2 Å². The molecule has 2 aromatic rings. The first kappa shape index (κ1) is 14.3. The third-order valence-corrected chi connectivity index (χ3v) is 1.93. The first-order valence-electron chi connectivity index (χ1n) is 5.01. The molecule has 1 aliphatic heterocycles. The average molecular weight is 305 g/mol. The Bertz CT molecular complexity index is 448. The summed E-state index contributed by atoms with van der Waals surface area (Å²) in [4.78, 5) is 7.89. The Morgan fingerprint density at radius 3 is 2.59 bits per heavy atom. The summed E-state index contributed by atoms with van der Waals surface area (Å²) in [6, 6.07) is 3.66. The molecule has 0 saturated carbocycles. The fraction of sp³-hybridized carbons (Fsp3) is 0.250. The molecule has 2 heterocycles. The van der Waals surface area contributed by atoms with Gasteiger partial charge in [-0.15, -0.1) is 5.39 Å². The summed E-state index contributed by atoms with van der Waals surface area (Å²) in [7, 11) is 0. The van der Waals surface area contributed by atoms with Crippen molar-refractivity contribution in [3.8, 4) is 11.5 Å². The average Bonchev–Trinajstić information content (AvgIpc) is 2.74. The number of fused-ring (bicyclic) bond motifs is 2. The molecule has 0 aliphatic carbocycles. The van der Waals surface area contributed by atoms with E-state index in [1.807, 2.05) is 32.4 Å². The van der Waals surface area contributed by atoms with Crippen molar-refractivity contribution in [2.75, 3.05) is 6.79 Å². The number of hydrogen-bond acceptors (Lipinski definition) is 4. The molecule has 0 atom stereocenters. The first-order chi connectivity index (χ1) is 7.85. The molecule has 1 radical (unpaired) electrons. The van der Waals surface area contributed by atoms with Crippen LogP contribution in [0.4, 0.5) is 0 Å². The zero-order valence-electron chi connectivity index (χ0n) is 9.80. The van der Waals surface area contributed by atoms with Gasteiger partial charge in [0.2, 0.25) is 6.79 Å². The van der Waals surface area contributed by atoms with Crippen LogP contribution in [0.2, 0.25) is 0 Å². The molecule has 0 spiro atoms. The van der Waals surface area contributed by atoms with E-state index in [1.54, 1.807) is 0 Å². The largest absolute Gasteiger partial charge is 0.463 e. The fourth-order valence-corrected chi connectivity index (χ4v) is 1.32. The quantitative estimate of drug-likeness (QED) is 0.701. The third kappa shape index (κ3) is 3.36. The van der Waals surface area contributed by atoms with Crippen molar-refractivity contribution < 1.29 is 42.2 Å². The maximum atomic E-state index is 5.21. The molecule has 4 nitrogen and oxygen atoms in total. The topological polar surface area (TPSA) is 44.2 Å². The molecule has 1 aromatic carbocycles. The monoisotopic (exact) mass is 305 g/mol. The second-order valence-corrected chi connectivity index (χ2v) is 3.29. The second kappa shape index (κ2) is 6.87. The van der Waals surface area contributed by atoms with Crippen molar-refractivity contribution in [2.45, 2.75) is 13.8 Å². The Morgan fingerprint density at radius 2 is 1.88 bits per heavy atom. The number of nitrogens with zero attached hydrogens (tertiary/aromatic N) is 2. The van der Waals surface area contributed by atoms with Crippen LogP contribution in [0.1, 0.15) is 13.8 Å². The van der Waals surface area contributed by atoms with Crippen molar-refractivity contribution in [2.24, 2.45) is 0 Å². The Balaban J connectivity index is 0.000000331. The third-order valence-electron chi connectivity index (χ3n) is 1.93. The van der Waals surface area contributed by atoms with Gasteiger partial charge in [0, 0.05) is 39.0 Å². The van der Waals surface area contributed by atoms with Crippen molar-refractivity contribution in [1.29, 1.82) is 0 Å². The Morgan fingerprint density at radius 1 is 1.24 bits per heavy atom. The maximum Gasteiger partial charge on any atom is 0.229 e. The van der Waals surface area contributed by atoms with Gasteiger partial charge in [0.15, 0.2) is 0 Å². The van der Waals surface area contributed by atoms with Crippen LogP contribution in [0.25, 0.3) is 10.9 Å². The summed E-state index contributed by atoms with van der Waals surface area (Å²) >= 11 is 0. The van der Waals surface area contributed by atoms with Gasteiger partial charge in [-0.05, 0) is 17.8 Å². The van der Waals surface area contributed by atoms with E-state index in [9.17, 15) is 0 Å². The molecular weight excluding hydrogens is 293 g/mol. The van der Waals surface area contributed by atoms with E-state index in [1.165, 1.54) is 6.33 Å². The van der Waals surface area contributed by atoms with E-state index in [0.29, 0.717) is 0 Å². The van der Waals surface area contributed by atoms with E-state index < -0.39 is 0 Å². The standard InChI is InChI=1S/C9H5N2O2.C3H7.Y/c1-6-3-10-4-11-7(6)2-9-8(1)12-5-13-9;1-3-2;/h1-2,4H,5H2;3H,1-2H3;/q2*-1;. The number of hydrogen-bond donors (Lipinski definition) is 0. The van der Waals surface area contributed by atoms with Gasteiger partial charge in [0.1, 0.15) is 11.5 Å². The zero-order valence-corrected chi connectivity index (χ0v) is 12.6. The van der Waals surface area contributed by atoms with E-state index in [0.717, 1.165) is 22.4 Å². The van der Waals surface area contributed by atoms with Crippen molar-refractivity contribution in [3.63, 3.8) is 0 Å². The molecule has 3 rings (SSSR count). The number of ether oxygens (including phenoxy) is 2. The molecule has 0 fully saturated rings. The number of aromatic nitrogens is 2. The van der Waals surface area contributed by atoms with Gasteiger partial charge < -0.3 is 25.9 Å². The Kier molecular flexibility index (Phi) is 5.79. The van der Waals surface area contributed by atoms with Crippen LogP contribution in [0.5, 0.6) is 11.5 Å².